The van der Waals surface area contributed by atoms with E-state index in [9.17, 15) is 9.59 Å². The molecule has 1 aliphatic carbocycles. The maximum Gasteiger partial charge on any atom is 0.333 e. The minimum Gasteiger partial charge on any atom is -0.481 e. The predicted molar refractivity (Wildman–Crippen MR) is 75.5 cm³/mol. The van der Waals surface area contributed by atoms with E-state index in [-0.39, 0.29) is 5.57 Å². The van der Waals surface area contributed by atoms with Crippen LogP contribution in [0.2, 0.25) is 0 Å². The highest BCUT2D eigenvalue weighted by atomic mass is 16.4. The maximum absolute atomic E-state index is 11.1. The van der Waals surface area contributed by atoms with Gasteiger partial charge in [0.25, 0.3) is 0 Å². The summed E-state index contributed by atoms with van der Waals surface area (Å²) in [6.07, 6.45) is 5.31. The highest BCUT2D eigenvalue weighted by Gasteiger charge is 2.46. The second-order valence-electron chi connectivity index (χ2n) is 4.85. The Morgan fingerprint density at radius 3 is 2.15 bits per heavy atom. The van der Waals surface area contributed by atoms with Gasteiger partial charge in [-0.15, -0.1) is 0 Å². The van der Waals surface area contributed by atoms with Crippen LogP contribution in [0.4, 0.5) is 0 Å². The molecule has 0 aromatic carbocycles. The molecule has 0 saturated heterocycles. The van der Waals surface area contributed by atoms with E-state index in [0.29, 0.717) is 6.61 Å². The smallest absolute Gasteiger partial charge is 0.333 e. The number of carboxylic acid groups (broad SMARTS) is 2. The lowest BCUT2D eigenvalue weighted by Crippen LogP contribution is -2.54. The molecule has 0 heterocycles. The quantitative estimate of drug-likeness (QED) is 0.712. The number of aliphatic hydroxyl groups is 1. The van der Waals surface area contributed by atoms with Gasteiger partial charge in [0, 0.05) is 6.61 Å². The summed E-state index contributed by atoms with van der Waals surface area (Å²) in [4.78, 5) is 23.9. The molecule has 114 valence electrons. The van der Waals surface area contributed by atoms with Crippen molar-refractivity contribution in [3.05, 3.63) is 23.8 Å². The van der Waals surface area contributed by atoms with Crippen molar-refractivity contribution in [3.8, 4) is 0 Å². The van der Waals surface area contributed by atoms with Crippen LogP contribution >= 0.6 is 0 Å². The van der Waals surface area contributed by atoms with E-state index in [1.807, 2.05) is 6.92 Å². The lowest BCUT2D eigenvalue weighted by molar-refractivity contribution is -0.144. The van der Waals surface area contributed by atoms with Crippen molar-refractivity contribution in [2.24, 2.45) is 5.92 Å². The molecule has 0 bridgehead atoms. The van der Waals surface area contributed by atoms with Crippen molar-refractivity contribution in [3.63, 3.8) is 0 Å². The number of rotatable bonds is 4. The molecule has 0 aromatic heterocycles. The number of aliphatic hydroxyl groups excluding tert-OH is 1. The molecule has 3 N–H and O–H groups in total. The summed E-state index contributed by atoms with van der Waals surface area (Å²) in [5.41, 5.74) is -0.945. The minimum atomic E-state index is -1.09. The molecular weight excluding hydrogens is 262 g/mol. The molecule has 0 radical (unpaired) electrons. The van der Waals surface area contributed by atoms with E-state index < -0.39 is 23.4 Å². The molecule has 0 fully saturated rings. The first-order valence-corrected chi connectivity index (χ1v) is 6.36. The van der Waals surface area contributed by atoms with Gasteiger partial charge < -0.3 is 15.3 Å². The van der Waals surface area contributed by atoms with Gasteiger partial charge >= 0.3 is 11.9 Å². The molecule has 6 nitrogen and oxygen atoms in total. The lowest BCUT2D eigenvalue weighted by atomic mass is 9.75. The minimum absolute atomic E-state index is 0.0902. The lowest BCUT2D eigenvalue weighted by Gasteiger charge is -2.41. The third-order valence-electron chi connectivity index (χ3n) is 3.37. The summed E-state index contributed by atoms with van der Waals surface area (Å²) in [6.45, 7) is 3.87. The Labute approximate surface area is 119 Å². The summed E-state index contributed by atoms with van der Waals surface area (Å²) in [7, 11) is 3.34. The third kappa shape index (κ3) is 3.91. The van der Waals surface area contributed by atoms with E-state index in [1.54, 1.807) is 25.9 Å². The third-order valence-corrected chi connectivity index (χ3v) is 3.37. The van der Waals surface area contributed by atoms with Crippen molar-refractivity contribution in [1.82, 2.24) is 4.90 Å². The van der Waals surface area contributed by atoms with Crippen molar-refractivity contribution in [2.75, 3.05) is 20.7 Å². The Morgan fingerprint density at radius 2 is 1.85 bits per heavy atom. The number of hydrogen-bond donors (Lipinski definition) is 3. The summed E-state index contributed by atoms with van der Waals surface area (Å²) in [5.74, 6) is -2.98. The SMILES string of the molecule is CCCO.CN(C)C1(C)C(C(=O)O)=CC=CC1C(=O)O. The topological polar surface area (TPSA) is 98.1 Å². The van der Waals surface area contributed by atoms with Gasteiger partial charge in [0.05, 0.1) is 17.0 Å². The van der Waals surface area contributed by atoms with Gasteiger partial charge in [0.15, 0.2) is 0 Å². The molecule has 0 amide bonds. The fraction of sp³-hybridized carbons (Fsp3) is 0.571. The molecule has 0 aromatic rings. The molecular formula is C14H23NO5. The number of aliphatic carboxylic acids is 2. The van der Waals surface area contributed by atoms with Gasteiger partial charge in [-0.25, -0.2) is 4.79 Å². The first kappa shape index (κ1) is 18.3. The van der Waals surface area contributed by atoms with Crippen LogP contribution in [-0.4, -0.2) is 58.4 Å². The zero-order chi connectivity index (χ0) is 15.9. The molecule has 1 rings (SSSR count). The Hall–Kier alpha value is -1.66. The first-order valence-electron chi connectivity index (χ1n) is 6.36. The van der Waals surface area contributed by atoms with Crippen LogP contribution in [0.15, 0.2) is 23.8 Å². The second-order valence-corrected chi connectivity index (χ2v) is 4.85. The second kappa shape index (κ2) is 7.81. The van der Waals surface area contributed by atoms with E-state index in [0.717, 1.165) is 6.42 Å². The molecule has 0 aliphatic heterocycles. The Balaban J connectivity index is 0.000000796. The number of likely N-dealkylation sites (N-methyl/N-ethyl adjacent to an activating group) is 1. The zero-order valence-corrected chi connectivity index (χ0v) is 12.3. The summed E-state index contributed by atoms with van der Waals surface area (Å²) in [6, 6.07) is 0. The summed E-state index contributed by atoms with van der Waals surface area (Å²) < 4.78 is 0. The fourth-order valence-corrected chi connectivity index (χ4v) is 1.92. The molecule has 0 spiro atoms. The van der Waals surface area contributed by atoms with Crippen LogP contribution in [0.3, 0.4) is 0 Å². The van der Waals surface area contributed by atoms with E-state index in [1.165, 1.54) is 18.2 Å². The largest absolute Gasteiger partial charge is 0.481 e. The Morgan fingerprint density at radius 1 is 1.35 bits per heavy atom. The average Bonchev–Trinajstić information content (AvgIpc) is 2.38. The first-order chi connectivity index (χ1) is 9.23. The molecule has 20 heavy (non-hydrogen) atoms. The highest BCUT2D eigenvalue weighted by Crippen LogP contribution is 2.35. The number of carboxylic acids is 2. The van der Waals surface area contributed by atoms with Crippen LogP contribution in [0.5, 0.6) is 0 Å². The Bertz CT molecular complexity index is 412. The fourth-order valence-electron chi connectivity index (χ4n) is 1.92. The van der Waals surface area contributed by atoms with E-state index >= 15 is 0 Å². The van der Waals surface area contributed by atoms with Crippen molar-refractivity contribution in [2.45, 2.75) is 25.8 Å². The van der Waals surface area contributed by atoms with Gasteiger partial charge in [-0.3, -0.25) is 9.69 Å². The monoisotopic (exact) mass is 285 g/mol. The number of carbonyl (C=O) groups is 2. The van der Waals surface area contributed by atoms with Crippen LogP contribution in [0.1, 0.15) is 20.3 Å². The number of allylic oxidation sites excluding steroid dienone is 2. The normalized spacial score (nSPS) is 24.7. The summed E-state index contributed by atoms with van der Waals surface area (Å²) >= 11 is 0. The number of hydrogen-bond acceptors (Lipinski definition) is 4. The summed E-state index contributed by atoms with van der Waals surface area (Å²) in [5, 5.41) is 26.1. The molecule has 6 heteroatoms. The average molecular weight is 285 g/mol. The van der Waals surface area contributed by atoms with E-state index in [4.69, 9.17) is 15.3 Å². The standard InChI is InChI=1S/C11H15NO4.C3H8O/c1-11(12(2)3)7(9(13)14)5-4-6-8(11)10(15)16;1-2-3-4/h4-7H,1-3H3,(H,13,14)(H,15,16);4H,2-3H2,1H3. The van der Waals surface area contributed by atoms with Crippen LogP contribution in [-0.2, 0) is 9.59 Å². The molecule has 0 saturated carbocycles. The van der Waals surface area contributed by atoms with Crippen LogP contribution in [0, 0.1) is 5.92 Å². The molecule has 2 atom stereocenters. The van der Waals surface area contributed by atoms with Crippen molar-refractivity contribution in [1.29, 1.82) is 0 Å². The van der Waals surface area contributed by atoms with Crippen LogP contribution < -0.4 is 0 Å². The number of nitrogens with zero attached hydrogens (tertiary/aromatic N) is 1. The van der Waals surface area contributed by atoms with Gasteiger partial charge in [-0.05, 0) is 27.4 Å². The maximum atomic E-state index is 11.1. The highest BCUT2D eigenvalue weighted by molar-refractivity contribution is 5.92. The van der Waals surface area contributed by atoms with Crippen molar-refractivity contribution >= 4 is 11.9 Å². The van der Waals surface area contributed by atoms with Gasteiger partial charge in [0.2, 0.25) is 0 Å². The van der Waals surface area contributed by atoms with Crippen LogP contribution in [0.25, 0.3) is 0 Å². The van der Waals surface area contributed by atoms with Gasteiger partial charge in [0.1, 0.15) is 0 Å². The Kier molecular flexibility index (Phi) is 7.17. The zero-order valence-electron chi connectivity index (χ0n) is 12.3. The van der Waals surface area contributed by atoms with Gasteiger partial charge in [-0.1, -0.05) is 25.2 Å². The van der Waals surface area contributed by atoms with Crippen molar-refractivity contribution < 1.29 is 24.9 Å². The molecule has 2 unspecified atom stereocenters. The van der Waals surface area contributed by atoms with E-state index in [2.05, 4.69) is 0 Å². The molecule has 1 aliphatic rings. The predicted octanol–water partition coefficient (Wildman–Crippen LogP) is 0.977. The van der Waals surface area contributed by atoms with Gasteiger partial charge in [-0.2, -0.15) is 0 Å².